The predicted octanol–water partition coefficient (Wildman–Crippen LogP) is 3.80. The average Bonchev–Trinajstić information content (AvgIpc) is 3.33. The molecule has 9 heteroatoms. The highest BCUT2D eigenvalue weighted by molar-refractivity contribution is 7.22. The molecule has 31 heavy (non-hydrogen) atoms. The van der Waals surface area contributed by atoms with Crippen molar-refractivity contribution in [1.82, 2.24) is 9.88 Å². The van der Waals surface area contributed by atoms with Crippen molar-refractivity contribution in [2.75, 3.05) is 43.5 Å². The van der Waals surface area contributed by atoms with Crippen LogP contribution in [0.1, 0.15) is 6.42 Å². The summed E-state index contributed by atoms with van der Waals surface area (Å²) in [6.07, 6.45) is 0.158. The molecule has 4 rings (SSSR count). The molecule has 2 amide bonds. The van der Waals surface area contributed by atoms with Crippen molar-refractivity contribution in [3.63, 3.8) is 0 Å². The van der Waals surface area contributed by atoms with Gasteiger partial charge in [0.2, 0.25) is 11.8 Å². The predicted molar refractivity (Wildman–Crippen MR) is 125 cm³/mol. The first kappa shape index (κ1) is 23.1. The van der Waals surface area contributed by atoms with E-state index in [4.69, 9.17) is 0 Å². The molecule has 1 saturated heterocycles. The quantitative estimate of drug-likeness (QED) is 0.559. The minimum absolute atomic E-state index is 0. The highest BCUT2D eigenvalue weighted by atomic mass is 35.5. The van der Waals surface area contributed by atoms with E-state index in [-0.39, 0.29) is 36.2 Å². The number of benzene rings is 2. The molecule has 1 aromatic heterocycles. The highest BCUT2D eigenvalue weighted by Gasteiger charge is 2.38. The number of carbonyl (C=O) groups is 2. The number of carbonyl (C=O) groups excluding carboxylic acids is 2. The van der Waals surface area contributed by atoms with Gasteiger partial charge in [0.05, 0.1) is 10.6 Å². The summed E-state index contributed by atoms with van der Waals surface area (Å²) in [5, 5.41) is 0.465. The number of fused-ring (bicyclic) bond motifs is 1. The first-order chi connectivity index (χ1) is 14.4. The molecule has 164 valence electrons. The summed E-state index contributed by atoms with van der Waals surface area (Å²) < 4.78 is 14.8. The number of hydrogen-bond donors (Lipinski definition) is 0. The van der Waals surface area contributed by atoms with Crippen molar-refractivity contribution in [3.8, 4) is 0 Å². The zero-order chi connectivity index (χ0) is 21.3. The van der Waals surface area contributed by atoms with Crippen LogP contribution in [-0.4, -0.2) is 55.4 Å². The lowest BCUT2D eigenvalue weighted by molar-refractivity contribution is -0.124. The van der Waals surface area contributed by atoms with E-state index < -0.39 is 11.7 Å². The number of halogens is 2. The first-order valence-corrected chi connectivity index (χ1v) is 10.6. The molecule has 1 atom stereocenters. The van der Waals surface area contributed by atoms with E-state index >= 15 is 0 Å². The number of thiazole rings is 1. The van der Waals surface area contributed by atoms with Crippen molar-refractivity contribution in [2.24, 2.45) is 5.92 Å². The second kappa shape index (κ2) is 9.72. The van der Waals surface area contributed by atoms with Crippen LogP contribution in [0, 0.1) is 11.7 Å². The zero-order valence-electron chi connectivity index (χ0n) is 17.3. The molecule has 0 spiro atoms. The van der Waals surface area contributed by atoms with Crippen LogP contribution in [0.25, 0.3) is 10.2 Å². The van der Waals surface area contributed by atoms with Gasteiger partial charge in [0.1, 0.15) is 11.3 Å². The number of likely N-dealkylation sites (N-methyl/N-ethyl adjacent to an activating group) is 1. The van der Waals surface area contributed by atoms with Gasteiger partial charge >= 0.3 is 0 Å². The fraction of sp³-hybridized carbons (Fsp3) is 0.318. The molecular formula is C22H24ClFN4O2S. The maximum absolute atomic E-state index is 14.2. The monoisotopic (exact) mass is 462 g/mol. The third-order valence-electron chi connectivity index (χ3n) is 5.17. The minimum Gasteiger partial charge on any atom is -0.312 e. The summed E-state index contributed by atoms with van der Waals surface area (Å²) in [6, 6.07) is 14.2. The molecule has 3 aromatic rings. The molecule has 1 unspecified atom stereocenters. The Morgan fingerprint density at radius 3 is 2.58 bits per heavy atom. The van der Waals surface area contributed by atoms with Crippen molar-refractivity contribution in [1.29, 1.82) is 0 Å². The van der Waals surface area contributed by atoms with Gasteiger partial charge in [0, 0.05) is 31.7 Å². The second-order valence-corrected chi connectivity index (χ2v) is 8.63. The van der Waals surface area contributed by atoms with Gasteiger partial charge < -0.3 is 9.80 Å². The molecule has 6 nitrogen and oxygen atoms in total. The van der Waals surface area contributed by atoms with Crippen molar-refractivity contribution in [3.05, 3.63) is 54.3 Å². The lowest BCUT2D eigenvalue weighted by Crippen LogP contribution is -2.41. The van der Waals surface area contributed by atoms with E-state index in [0.717, 1.165) is 5.69 Å². The van der Waals surface area contributed by atoms with E-state index in [9.17, 15) is 14.0 Å². The number of aromatic nitrogens is 1. The lowest BCUT2D eigenvalue weighted by Gasteiger charge is -2.24. The summed E-state index contributed by atoms with van der Waals surface area (Å²) in [6.45, 7) is 1.38. The van der Waals surface area contributed by atoms with E-state index in [1.807, 2.05) is 49.3 Å². The normalized spacial score (nSPS) is 16.1. The van der Waals surface area contributed by atoms with Crippen LogP contribution in [0.3, 0.4) is 0 Å². The summed E-state index contributed by atoms with van der Waals surface area (Å²) in [7, 11) is 3.85. The summed E-state index contributed by atoms with van der Waals surface area (Å²) >= 11 is 1.29. The molecule has 0 aliphatic carbocycles. The van der Waals surface area contributed by atoms with Crippen LogP contribution in [0.4, 0.5) is 15.2 Å². The molecule has 2 heterocycles. The third kappa shape index (κ3) is 4.87. The van der Waals surface area contributed by atoms with Gasteiger partial charge in [-0.25, -0.2) is 9.37 Å². The van der Waals surface area contributed by atoms with Crippen molar-refractivity contribution < 1.29 is 14.0 Å². The van der Waals surface area contributed by atoms with Gasteiger partial charge in [-0.2, -0.15) is 0 Å². The Labute approximate surface area is 190 Å². The Kier molecular flexibility index (Phi) is 7.25. The van der Waals surface area contributed by atoms with Crippen LogP contribution in [-0.2, 0) is 9.59 Å². The second-order valence-electron chi connectivity index (χ2n) is 7.62. The number of amides is 2. The molecule has 2 aromatic carbocycles. The number of hydrogen-bond acceptors (Lipinski definition) is 5. The van der Waals surface area contributed by atoms with Gasteiger partial charge in [-0.3, -0.25) is 14.5 Å². The van der Waals surface area contributed by atoms with Crippen LogP contribution < -0.4 is 9.80 Å². The van der Waals surface area contributed by atoms with Crippen molar-refractivity contribution >= 4 is 56.6 Å². The third-order valence-corrected chi connectivity index (χ3v) is 6.21. The number of rotatable bonds is 6. The average molecular weight is 463 g/mol. The number of nitrogens with zero attached hydrogens (tertiary/aromatic N) is 4. The van der Waals surface area contributed by atoms with Crippen LogP contribution in [0.5, 0.6) is 0 Å². The van der Waals surface area contributed by atoms with Crippen molar-refractivity contribution in [2.45, 2.75) is 6.42 Å². The molecule has 1 fully saturated rings. The molecular weight excluding hydrogens is 439 g/mol. The van der Waals surface area contributed by atoms with Gasteiger partial charge in [0.15, 0.2) is 5.13 Å². The van der Waals surface area contributed by atoms with Crippen LogP contribution >= 0.6 is 23.7 Å². The molecule has 0 radical (unpaired) electrons. The maximum Gasteiger partial charge on any atom is 0.234 e. The fourth-order valence-electron chi connectivity index (χ4n) is 3.57. The molecule has 1 aliphatic heterocycles. The smallest absolute Gasteiger partial charge is 0.234 e. The molecule has 0 N–H and O–H groups in total. The SMILES string of the molecule is CN(C)CCN(C(=O)C1CC(=O)N(c2ccccc2)C1)c1nc2c(F)cccc2s1.Cl. The summed E-state index contributed by atoms with van der Waals surface area (Å²) in [5.74, 6) is -1.08. The minimum atomic E-state index is -0.461. The molecule has 0 saturated carbocycles. The summed E-state index contributed by atoms with van der Waals surface area (Å²) in [4.78, 5) is 35.7. The highest BCUT2D eigenvalue weighted by Crippen LogP contribution is 2.33. The van der Waals surface area contributed by atoms with Gasteiger partial charge in [-0.1, -0.05) is 35.6 Å². The van der Waals surface area contributed by atoms with E-state index in [0.29, 0.717) is 29.5 Å². The Bertz CT molecular complexity index is 1080. The van der Waals surface area contributed by atoms with E-state index in [1.165, 1.54) is 17.4 Å². The zero-order valence-corrected chi connectivity index (χ0v) is 19.0. The summed E-state index contributed by atoms with van der Waals surface area (Å²) in [5.41, 5.74) is 1.06. The topological polar surface area (TPSA) is 56.8 Å². The van der Waals surface area contributed by atoms with E-state index in [2.05, 4.69) is 4.98 Å². The Morgan fingerprint density at radius 1 is 1.16 bits per heavy atom. The van der Waals surface area contributed by atoms with Gasteiger partial charge in [-0.15, -0.1) is 12.4 Å². The van der Waals surface area contributed by atoms with Gasteiger partial charge in [-0.05, 0) is 38.4 Å². The van der Waals surface area contributed by atoms with Crippen LogP contribution in [0.2, 0.25) is 0 Å². The molecule has 1 aliphatic rings. The Hall–Kier alpha value is -2.55. The number of anilines is 2. The lowest BCUT2D eigenvalue weighted by atomic mass is 10.1. The first-order valence-electron chi connectivity index (χ1n) is 9.80. The molecule has 0 bridgehead atoms. The number of para-hydroxylation sites is 2. The van der Waals surface area contributed by atoms with Crippen LogP contribution in [0.15, 0.2) is 48.5 Å². The Balaban J connectivity index is 0.00000272. The van der Waals surface area contributed by atoms with Gasteiger partial charge in [0.25, 0.3) is 0 Å². The largest absolute Gasteiger partial charge is 0.312 e. The maximum atomic E-state index is 14.2. The fourth-order valence-corrected chi connectivity index (χ4v) is 4.58. The van der Waals surface area contributed by atoms with E-state index in [1.54, 1.807) is 21.9 Å². The Morgan fingerprint density at radius 2 is 1.90 bits per heavy atom. The standard InChI is InChI=1S/C22H23FN4O2S.ClH/c1-25(2)11-12-26(22-24-20-17(23)9-6-10-18(20)30-22)21(29)15-13-19(28)27(14-15)16-7-4-3-5-8-16;/h3-10,15H,11-14H2,1-2H3;1H.